The molecule has 4 unspecified atom stereocenters. The van der Waals surface area contributed by atoms with Gasteiger partial charge in [-0.1, -0.05) is 115 Å². The van der Waals surface area contributed by atoms with Gasteiger partial charge in [0.25, 0.3) is 0 Å². The van der Waals surface area contributed by atoms with Crippen LogP contribution in [0.4, 0.5) is 0 Å². The van der Waals surface area contributed by atoms with Gasteiger partial charge in [0.2, 0.25) is 0 Å². The maximum atomic E-state index is 11.5. The molecule has 4 atom stereocenters. The summed E-state index contributed by atoms with van der Waals surface area (Å²) in [7, 11) is 0. The summed E-state index contributed by atoms with van der Waals surface area (Å²) in [4.78, 5) is 14.7. The lowest BCUT2D eigenvalue weighted by atomic mass is 9.92. The Bertz CT molecular complexity index is 2470. The van der Waals surface area contributed by atoms with Crippen LogP contribution in [-0.2, 0) is 9.47 Å². The van der Waals surface area contributed by atoms with Crippen molar-refractivity contribution in [3.05, 3.63) is 91.0 Å². The first-order valence-corrected chi connectivity index (χ1v) is 23.1. The van der Waals surface area contributed by atoms with Gasteiger partial charge in [-0.2, -0.15) is 0 Å². The molecule has 7 rings (SSSR count). The molecule has 64 heavy (non-hydrogen) atoms. The summed E-state index contributed by atoms with van der Waals surface area (Å²) in [5, 5.41) is 50.6. The molecule has 11 nitrogen and oxygen atoms in total. The fourth-order valence-corrected chi connectivity index (χ4v) is 8.27. The van der Waals surface area contributed by atoms with E-state index < -0.39 is 12.2 Å². The number of ether oxygens (including phenoxy) is 4. The average Bonchev–Trinajstić information content (AvgIpc) is 3.31. The van der Waals surface area contributed by atoms with Gasteiger partial charge < -0.3 is 39.4 Å². The van der Waals surface area contributed by atoms with Crippen molar-refractivity contribution < 1.29 is 39.4 Å². The fourth-order valence-electron chi connectivity index (χ4n) is 8.27. The Morgan fingerprint density at radius 1 is 0.484 bits per heavy atom. The summed E-state index contributed by atoms with van der Waals surface area (Å²) in [5.41, 5.74) is 1.40. The van der Waals surface area contributed by atoms with Crippen molar-refractivity contribution in [1.29, 1.82) is 0 Å². The van der Waals surface area contributed by atoms with Crippen LogP contribution >= 0.6 is 0 Å². The molecule has 0 aliphatic carbocycles. The molecule has 0 aliphatic rings. The van der Waals surface area contributed by atoms with E-state index in [1.165, 1.54) is 12.1 Å². The minimum Gasteiger partial charge on any atom is -0.507 e. The van der Waals surface area contributed by atoms with E-state index in [4.69, 9.17) is 33.9 Å². The zero-order chi connectivity index (χ0) is 45.0. The fraction of sp³-hybridized carbons (Fsp3) is 0.415. The standard InChI is InChI=1S/C53H63N3O8/c1-5-9-12-34(7-3)28-61-30-39(57)32-63-41-20-24-45(47(59)26-41)52-54-51(44-23-19-38-17-16-36-14-11-15-37-18-22-43(44)50(38)49(36)37)55-53(56-52)46-25-21-42(27-48(46)60)64-33-40(58)31-62-29-35(8-4)13-10-6-2/h11,14-27,34-35,39-40,57-60H,5-10,12-13,28-33H2,1-4H3. The number of nitrogens with zero attached hydrogens (tertiary/aromatic N) is 3. The molecule has 7 aromatic rings. The first kappa shape index (κ1) is 46.4. The second-order valence-electron chi connectivity index (χ2n) is 17.0. The Balaban J connectivity index is 1.14. The molecular weight excluding hydrogens is 807 g/mol. The number of hydrogen-bond acceptors (Lipinski definition) is 11. The molecule has 0 bridgehead atoms. The van der Waals surface area contributed by atoms with Crippen molar-refractivity contribution in [2.45, 2.75) is 91.3 Å². The highest BCUT2D eigenvalue weighted by molar-refractivity contribution is 6.25. The Morgan fingerprint density at radius 3 is 1.39 bits per heavy atom. The second-order valence-corrected chi connectivity index (χ2v) is 17.0. The number of phenolic OH excluding ortho intramolecular Hbond substituents is 2. The van der Waals surface area contributed by atoms with E-state index in [2.05, 4.69) is 76.2 Å². The molecule has 11 heteroatoms. The number of rotatable bonds is 25. The molecule has 0 saturated heterocycles. The predicted molar refractivity (Wildman–Crippen MR) is 254 cm³/mol. The molecule has 0 fully saturated rings. The first-order valence-electron chi connectivity index (χ1n) is 23.1. The van der Waals surface area contributed by atoms with Crippen LogP contribution in [0.3, 0.4) is 0 Å². The van der Waals surface area contributed by atoms with Crippen LogP contribution < -0.4 is 9.47 Å². The lowest BCUT2D eigenvalue weighted by Gasteiger charge is -2.17. The zero-order valence-corrected chi connectivity index (χ0v) is 37.6. The Hall–Kier alpha value is -5.59. The van der Waals surface area contributed by atoms with Crippen LogP contribution in [-0.4, -0.2) is 87.2 Å². The predicted octanol–water partition coefficient (Wildman–Crippen LogP) is 11.1. The molecule has 0 spiro atoms. The highest BCUT2D eigenvalue weighted by Crippen LogP contribution is 2.41. The molecule has 4 N–H and O–H groups in total. The van der Waals surface area contributed by atoms with Gasteiger partial charge in [0, 0.05) is 30.9 Å². The highest BCUT2D eigenvalue weighted by atomic mass is 16.5. The van der Waals surface area contributed by atoms with Crippen LogP contribution in [0.1, 0.15) is 79.1 Å². The van der Waals surface area contributed by atoms with E-state index in [9.17, 15) is 20.4 Å². The largest absolute Gasteiger partial charge is 0.507 e. The summed E-state index contributed by atoms with van der Waals surface area (Å²) >= 11 is 0. The van der Waals surface area contributed by atoms with Crippen LogP contribution in [0.5, 0.6) is 23.0 Å². The average molecular weight is 870 g/mol. The van der Waals surface area contributed by atoms with E-state index in [0.29, 0.717) is 53.5 Å². The SMILES string of the molecule is CCCCC(CC)COCC(O)COc1ccc(-c2nc(-c3ccc(OCC(O)COCC(CC)CCCC)cc3O)nc(-c3ccc4ccc5cccc6ccc3c4c56)n2)c(O)c1. The van der Waals surface area contributed by atoms with Crippen LogP contribution in [0.2, 0.25) is 0 Å². The molecule has 6 aromatic carbocycles. The number of aromatic hydroxyl groups is 2. The third-order valence-corrected chi connectivity index (χ3v) is 12.1. The lowest BCUT2D eigenvalue weighted by Crippen LogP contribution is -2.25. The monoisotopic (exact) mass is 869 g/mol. The Morgan fingerprint density at radius 2 is 0.922 bits per heavy atom. The maximum absolute atomic E-state index is 11.5. The topological polar surface area (TPSA) is 157 Å². The van der Waals surface area contributed by atoms with Crippen molar-refractivity contribution in [1.82, 2.24) is 15.0 Å². The highest BCUT2D eigenvalue weighted by Gasteiger charge is 2.21. The summed E-state index contributed by atoms with van der Waals surface area (Å²) < 4.78 is 23.4. The van der Waals surface area contributed by atoms with E-state index in [1.807, 2.05) is 6.07 Å². The molecular formula is C53H63N3O8. The first-order chi connectivity index (χ1) is 31.2. The van der Waals surface area contributed by atoms with E-state index in [-0.39, 0.29) is 49.6 Å². The van der Waals surface area contributed by atoms with Gasteiger partial charge in [-0.15, -0.1) is 0 Å². The smallest absolute Gasteiger partial charge is 0.167 e. The van der Waals surface area contributed by atoms with E-state index >= 15 is 0 Å². The molecule has 0 radical (unpaired) electrons. The summed E-state index contributed by atoms with van der Waals surface area (Å²) in [5.74, 6) is 2.10. The number of hydrogen-bond donors (Lipinski definition) is 4. The van der Waals surface area contributed by atoms with Crippen molar-refractivity contribution >= 4 is 32.3 Å². The molecule has 0 saturated carbocycles. The van der Waals surface area contributed by atoms with Gasteiger partial charge in [0.05, 0.1) is 24.3 Å². The summed E-state index contributed by atoms with van der Waals surface area (Å²) in [6, 6.07) is 28.4. The number of phenols is 2. The van der Waals surface area contributed by atoms with Crippen molar-refractivity contribution in [3.63, 3.8) is 0 Å². The van der Waals surface area contributed by atoms with Gasteiger partial charge in [-0.3, -0.25) is 0 Å². The molecule has 1 aromatic heterocycles. The van der Waals surface area contributed by atoms with Crippen LogP contribution in [0, 0.1) is 11.8 Å². The van der Waals surface area contributed by atoms with Crippen molar-refractivity contribution in [3.8, 4) is 57.2 Å². The van der Waals surface area contributed by atoms with Crippen LogP contribution in [0.25, 0.3) is 66.5 Å². The summed E-state index contributed by atoms with van der Waals surface area (Å²) in [6.45, 7) is 10.2. The Kier molecular flexibility index (Phi) is 16.2. The number of aliphatic hydroxyl groups is 2. The van der Waals surface area contributed by atoms with Gasteiger partial charge in [0.15, 0.2) is 17.5 Å². The van der Waals surface area contributed by atoms with E-state index in [1.54, 1.807) is 24.3 Å². The normalized spacial score (nSPS) is 13.7. The van der Waals surface area contributed by atoms with E-state index in [0.717, 1.165) is 89.2 Å². The third kappa shape index (κ3) is 11.4. The summed E-state index contributed by atoms with van der Waals surface area (Å²) in [6.07, 6.45) is 7.21. The van der Waals surface area contributed by atoms with Gasteiger partial charge in [0.1, 0.15) is 48.4 Å². The minimum atomic E-state index is -0.841. The van der Waals surface area contributed by atoms with Crippen molar-refractivity contribution in [2.75, 3.05) is 39.6 Å². The lowest BCUT2D eigenvalue weighted by molar-refractivity contribution is -0.00112. The van der Waals surface area contributed by atoms with Crippen LogP contribution in [0.15, 0.2) is 91.0 Å². The minimum absolute atomic E-state index is 0.0104. The Labute approximate surface area is 376 Å². The third-order valence-electron chi connectivity index (χ3n) is 12.1. The quantitative estimate of drug-likeness (QED) is 0.0405. The zero-order valence-electron chi connectivity index (χ0n) is 37.6. The maximum Gasteiger partial charge on any atom is 0.167 e. The number of unbranched alkanes of at least 4 members (excludes halogenated alkanes) is 2. The molecule has 0 amide bonds. The number of aromatic nitrogens is 3. The number of benzene rings is 6. The van der Waals surface area contributed by atoms with Crippen molar-refractivity contribution in [2.24, 2.45) is 11.8 Å². The molecule has 0 aliphatic heterocycles. The van der Waals surface area contributed by atoms with Gasteiger partial charge in [-0.05, 0) is 87.3 Å². The molecule has 1 heterocycles. The van der Waals surface area contributed by atoms with Gasteiger partial charge in [-0.25, -0.2) is 15.0 Å². The van der Waals surface area contributed by atoms with Gasteiger partial charge >= 0.3 is 0 Å². The number of aliphatic hydroxyl groups excluding tert-OH is 2. The second kappa shape index (κ2) is 22.3. The molecule has 338 valence electrons.